The predicted molar refractivity (Wildman–Crippen MR) is 144 cm³/mol. The van der Waals surface area contributed by atoms with E-state index in [1.165, 1.54) is 12.1 Å². The number of rotatable bonds is 7. The molecule has 0 aliphatic carbocycles. The molecule has 3 aromatic carbocycles. The van der Waals surface area contributed by atoms with Gasteiger partial charge in [0.15, 0.2) is 11.5 Å². The number of imide groups is 2. The largest absolute Gasteiger partial charge is 0.490 e. The highest BCUT2D eigenvalue weighted by atomic mass is 79.9. The Morgan fingerprint density at radius 3 is 2.41 bits per heavy atom. The van der Waals surface area contributed by atoms with Crippen molar-refractivity contribution in [2.75, 3.05) is 11.5 Å². The Morgan fingerprint density at radius 1 is 0.973 bits per heavy atom. The van der Waals surface area contributed by atoms with E-state index in [-0.39, 0.29) is 18.0 Å². The summed E-state index contributed by atoms with van der Waals surface area (Å²) < 4.78 is 26.8. The Bertz CT molecular complexity index is 1440. The lowest BCUT2D eigenvalue weighted by Crippen LogP contribution is -2.54. The number of hydrogen-bond acceptors (Lipinski definition) is 5. The average molecular weight is 632 g/mol. The molecule has 1 saturated heterocycles. The molecule has 0 spiro atoms. The lowest BCUT2D eigenvalue weighted by Gasteiger charge is -2.27. The highest BCUT2D eigenvalue weighted by Crippen LogP contribution is 2.36. The maximum atomic E-state index is 14.0. The standard InChI is InChI=1S/C27H21Br2FN2O5/c1-3-36-23-12-17(21(29)13-24(23)37-14-16-6-4-5-7-22(16)30)11-19-25(33)31-27(35)32(26(19)34)18-8-9-20(28)15(2)10-18/h4-13H,3,14H2,1-2H3,(H,31,33,35)/b19-11+. The maximum Gasteiger partial charge on any atom is 0.335 e. The minimum Gasteiger partial charge on any atom is -0.490 e. The molecule has 3 aromatic rings. The zero-order chi connectivity index (χ0) is 26.7. The molecule has 0 atom stereocenters. The Balaban J connectivity index is 1.68. The van der Waals surface area contributed by atoms with Crippen LogP contribution in [-0.4, -0.2) is 24.5 Å². The number of hydrogen-bond donors (Lipinski definition) is 1. The summed E-state index contributed by atoms with van der Waals surface area (Å²) in [6.07, 6.45) is 1.37. The van der Waals surface area contributed by atoms with Crippen molar-refractivity contribution in [1.29, 1.82) is 0 Å². The molecule has 0 aromatic heterocycles. The van der Waals surface area contributed by atoms with Gasteiger partial charge in [-0.15, -0.1) is 0 Å². The van der Waals surface area contributed by atoms with Crippen molar-refractivity contribution < 1.29 is 28.2 Å². The number of carbonyl (C=O) groups excluding carboxylic acids is 3. The summed E-state index contributed by atoms with van der Waals surface area (Å²) in [4.78, 5) is 39.4. The van der Waals surface area contributed by atoms with Gasteiger partial charge in [-0.3, -0.25) is 14.9 Å². The van der Waals surface area contributed by atoms with Gasteiger partial charge in [-0.25, -0.2) is 14.1 Å². The number of ether oxygens (including phenoxy) is 2. The summed E-state index contributed by atoms with van der Waals surface area (Å²) in [6, 6.07) is 13.7. The predicted octanol–water partition coefficient (Wildman–Crippen LogP) is 6.30. The summed E-state index contributed by atoms with van der Waals surface area (Å²) in [7, 11) is 0. The van der Waals surface area contributed by atoms with Crippen LogP contribution in [0.1, 0.15) is 23.6 Å². The Labute approximate surface area is 229 Å². The van der Waals surface area contributed by atoms with Crippen molar-refractivity contribution in [3.05, 3.63) is 91.6 Å². The molecular weight excluding hydrogens is 611 g/mol. The monoisotopic (exact) mass is 630 g/mol. The number of nitrogens with zero attached hydrogens (tertiary/aromatic N) is 1. The van der Waals surface area contributed by atoms with Crippen molar-refractivity contribution in [2.24, 2.45) is 0 Å². The van der Waals surface area contributed by atoms with Gasteiger partial charge in [0.05, 0.1) is 12.3 Å². The van der Waals surface area contributed by atoms with Gasteiger partial charge in [-0.1, -0.05) is 50.1 Å². The van der Waals surface area contributed by atoms with E-state index < -0.39 is 17.8 Å². The first-order valence-corrected chi connectivity index (χ1v) is 12.8. The second kappa shape index (κ2) is 11.3. The number of halogens is 3. The van der Waals surface area contributed by atoms with Crippen LogP contribution in [0.2, 0.25) is 0 Å². The summed E-state index contributed by atoms with van der Waals surface area (Å²) in [6.45, 7) is 3.91. The highest BCUT2D eigenvalue weighted by molar-refractivity contribution is 9.10. The van der Waals surface area contributed by atoms with E-state index in [1.807, 2.05) is 6.92 Å². The SMILES string of the molecule is CCOc1cc(/C=C2\C(=O)NC(=O)N(c3ccc(Br)c(C)c3)C2=O)c(Br)cc1OCc1ccccc1F. The van der Waals surface area contributed by atoms with E-state index in [9.17, 15) is 18.8 Å². The van der Waals surface area contributed by atoms with E-state index in [4.69, 9.17) is 9.47 Å². The Hall–Kier alpha value is -3.50. The van der Waals surface area contributed by atoms with Gasteiger partial charge in [0.2, 0.25) is 0 Å². The summed E-state index contributed by atoms with van der Waals surface area (Å²) >= 11 is 6.84. The summed E-state index contributed by atoms with van der Waals surface area (Å²) in [5, 5.41) is 2.22. The topological polar surface area (TPSA) is 84.9 Å². The highest BCUT2D eigenvalue weighted by Gasteiger charge is 2.37. The van der Waals surface area contributed by atoms with Gasteiger partial charge in [-0.2, -0.15) is 0 Å². The van der Waals surface area contributed by atoms with Crippen molar-refractivity contribution in [3.8, 4) is 11.5 Å². The molecule has 10 heteroatoms. The van der Waals surface area contributed by atoms with E-state index >= 15 is 0 Å². The molecule has 0 unspecified atom stereocenters. The number of nitrogens with one attached hydrogen (secondary N) is 1. The van der Waals surface area contributed by atoms with Gasteiger partial charge < -0.3 is 9.47 Å². The van der Waals surface area contributed by atoms with Crippen LogP contribution in [0.25, 0.3) is 6.08 Å². The minimum absolute atomic E-state index is 0.0236. The first-order valence-electron chi connectivity index (χ1n) is 11.2. The number of aryl methyl sites for hydroxylation is 1. The number of amides is 4. The fourth-order valence-electron chi connectivity index (χ4n) is 3.63. The average Bonchev–Trinajstić information content (AvgIpc) is 2.85. The van der Waals surface area contributed by atoms with Gasteiger partial charge in [0.25, 0.3) is 11.8 Å². The van der Waals surface area contributed by atoms with E-state index in [0.29, 0.717) is 39.4 Å². The van der Waals surface area contributed by atoms with Crippen LogP contribution in [-0.2, 0) is 16.2 Å². The molecule has 1 N–H and O–H groups in total. The van der Waals surface area contributed by atoms with Gasteiger partial charge in [0.1, 0.15) is 18.0 Å². The van der Waals surface area contributed by atoms with Crippen molar-refractivity contribution in [1.82, 2.24) is 5.32 Å². The third-order valence-electron chi connectivity index (χ3n) is 5.51. The molecular formula is C27H21Br2FN2O5. The summed E-state index contributed by atoms with van der Waals surface area (Å²) in [5.74, 6) is -1.28. The second-order valence-electron chi connectivity index (χ2n) is 8.02. The normalized spacial score (nSPS) is 14.7. The number of benzene rings is 3. The Kier molecular flexibility index (Phi) is 8.09. The van der Waals surface area contributed by atoms with Crippen LogP contribution in [0, 0.1) is 12.7 Å². The molecule has 4 amide bonds. The molecule has 4 rings (SSSR count). The number of urea groups is 1. The zero-order valence-electron chi connectivity index (χ0n) is 19.8. The molecule has 1 aliphatic heterocycles. The van der Waals surface area contributed by atoms with E-state index in [2.05, 4.69) is 37.2 Å². The molecule has 0 bridgehead atoms. The molecule has 0 saturated carbocycles. The van der Waals surface area contributed by atoms with Crippen LogP contribution in [0.5, 0.6) is 11.5 Å². The van der Waals surface area contributed by atoms with E-state index in [0.717, 1.165) is 14.9 Å². The third kappa shape index (κ3) is 5.75. The van der Waals surface area contributed by atoms with Crippen LogP contribution in [0.3, 0.4) is 0 Å². The molecule has 1 fully saturated rings. The molecule has 37 heavy (non-hydrogen) atoms. The van der Waals surface area contributed by atoms with Gasteiger partial charge in [-0.05, 0) is 67.4 Å². The van der Waals surface area contributed by atoms with Crippen LogP contribution in [0.4, 0.5) is 14.9 Å². The smallest absolute Gasteiger partial charge is 0.335 e. The van der Waals surface area contributed by atoms with Crippen LogP contribution >= 0.6 is 31.9 Å². The lowest BCUT2D eigenvalue weighted by atomic mass is 10.1. The van der Waals surface area contributed by atoms with Gasteiger partial charge in [0, 0.05) is 14.5 Å². The summed E-state index contributed by atoms with van der Waals surface area (Å²) in [5.41, 5.74) is 1.73. The molecule has 0 radical (unpaired) electrons. The van der Waals surface area contributed by atoms with Gasteiger partial charge >= 0.3 is 6.03 Å². The zero-order valence-corrected chi connectivity index (χ0v) is 23.0. The first-order chi connectivity index (χ1) is 17.7. The minimum atomic E-state index is -0.833. The van der Waals surface area contributed by atoms with Crippen molar-refractivity contribution >= 4 is 61.5 Å². The fourth-order valence-corrected chi connectivity index (χ4v) is 4.31. The van der Waals surface area contributed by atoms with E-state index in [1.54, 1.807) is 55.5 Å². The fraction of sp³-hybridized carbons (Fsp3) is 0.148. The van der Waals surface area contributed by atoms with Crippen molar-refractivity contribution in [3.63, 3.8) is 0 Å². The molecule has 1 heterocycles. The maximum absolute atomic E-state index is 14.0. The second-order valence-corrected chi connectivity index (χ2v) is 9.73. The third-order valence-corrected chi connectivity index (χ3v) is 7.08. The first kappa shape index (κ1) is 26.6. The number of barbiturate groups is 1. The molecule has 7 nitrogen and oxygen atoms in total. The quantitative estimate of drug-likeness (QED) is 0.244. The van der Waals surface area contributed by atoms with Crippen LogP contribution in [0.15, 0.2) is 69.1 Å². The lowest BCUT2D eigenvalue weighted by molar-refractivity contribution is -0.122. The number of carbonyl (C=O) groups is 3. The number of anilines is 1. The van der Waals surface area contributed by atoms with Crippen molar-refractivity contribution in [2.45, 2.75) is 20.5 Å². The molecule has 190 valence electrons. The van der Waals surface area contributed by atoms with Crippen LogP contribution < -0.4 is 19.7 Å². The molecule has 1 aliphatic rings. The Morgan fingerprint density at radius 2 is 1.70 bits per heavy atom.